The summed E-state index contributed by atoms with van der Waals surface area (Å²) in [6.45, 7) is 4.20. The summed E-state index contributed by atoms with van der Waals surface area (Å²) in [6.07, 6.45) is 4.03. The van der Waals surface area contributed by atoms with E-state index in [4.69, 9.17) is 4.74 Å². The van der Waals surface area contributed by atoms with Gasteiger partial charge in [0.05, 0.1) is 12.5 Å². The van der Waals surface area contributed by atoms with E-state index in [-0.39, 0.29) is 5.97 Å². The quantitative estimate of drug-likeness (QED) is 0.840. The molecule has 20 heavy (non-hydrogen) atoms. The second-order valence-electron chi connectivity index (χ2n) is 5.53. The maximum Gasteiger partial charge on any atom is 0.312 e. The lowest BCUT2D eigenvalue weighted by Crippen LogP contribution is -2.43. The third-order valence-electron chi connectivity index (χ3n) is 4.21. The van der Waals surface area contributed by atoms with E-state index in [9.17, 15) is 9.90 Å². The van der Waals surface area contributed by atoms with Crippen LogP contribution < -0.4 is 0 Å². The molecule has 1 aromatic carbocycles. The van der Waals surface area contributed by atoms with Crippen LogP contribution in [-0.4, -0.2) is 17.7 Å². The van der Waals surface area contributed by atoms with Crippen molar-refractivity contribution in [2.45, 2.75) is 51.6 Å². The van der Waals surface area contributed by atoms with Gasteiger partial charge in [-0.3, -0.25) is 4.79 Å². The van der Waals surface area contributed by atoms with Gasteiger partial charge in [0.1, 0.15) is 5.60 Å². The maximum atomic E-state index is 12.3. The Hall–Kier alpha value is -1.35. The number of rotatable bonds is 5. The Morgan fingerprint density at radius 3 is 2.85 bits per heavy atom. The fourth-order valence-electron chi connectivity index (χ4n) is 3.29. The van der Waals surface area contributed by atoms with Crippen molar-refractivity contribution in [1.29, 1.82) is 0 Å². The van der Waals surface area contributed by atoms with Gasteiger partial charge in [-0.2, -0.15) is 0 Å². The van der Waals surface area contributed by atoms with E-state index >= 15 is 0 Å². The summed E-state index contributed by atoms with van der Waals surface area (Å²) in [4.78, 5) is 12.3. The Bertz CT molecular complexity index is 469. The molecule has 0 radical (unpaired) electrons. The minimum Gasteiger partial charge on any atom is -0.466 e. The normalized spacial score (nSPS) is 22.9. The smallest absolute Gasteiger partial charge is 0.312 e. The molecule has 0 aliphatic heterocycles. The van der Waals surface area contributed by atoms with E-state index in [0.29, 0.717) is 19.4 Å². The highest BCUT2D eigenvalue weighted by Crippen LogP contribution is 2.43. The van der Waals surface area contributed by atoms with Gasteiger partial charge >= 0.3 is 5.97 Å². The number of ether oxygens (including phenoxy) is 1. The number of benzene rings is 1. The van der Waals surface area contributed by atoms with Gasteiger partial charge in [-0.05, 0) is 43.7 Å². The average molecular weight is 276 g/mol. The first-order valence-electron chi connectivity index (χ1n) is 7.60. The first-order valence-corrected chi connectivity index (χ1v) is 7.60. The zero-order valence-corrected chi connectivity index (χ0v) is 12.4. The van der Waals surface area contributed by atoms with Gasteiger partial charge in [0, 0.05) is 0 Å². The molecule has 0 fully saturated rings. The Morgan fingerprint density at radius 2 is 2.15 bits per heavy atom. The molecular weight excluding hydrogens is 252 g/mol. The van der Waals surface area contributed by atoms with Crippen molar-refractivity contribution >= 4 is 5.97 Å². The van der Waals surface area contributed by atoms with Crippen molar-refractivity contribution in [3.05, 3.63) is 35.4 Å². The Labute approximate surface area is 121 Å². The Kier molecular flexibility index (Phi) is 4.81. The van der Waals surface area contributed by atoms with Crippen molar-refractivity contribution in [3.63, 3.8) is 0 Å². The molecule has 2 unspecified atom stereocenters. The van der Waals surface area contributed by atoms with E-state index in [0.717, 1.165) is 30.4 Å². The van der Waals surface area contributed by atoms with E-state index in [1.807, 2.05) is 31.2 Å². The Morgan fingerprint density at radius 1 is 1.40 bits per heavy atom. The molecule has 0 heterocycles. The molecule has 0 bridgehead atoms. The number of carbonyl (C=O) groups is 1. The third kappa shape index (κ3) is 2.73. The maximum absolute atomic E-state index is 12.3. The molecule has 1 aromatic rings. The molecule has 0 aromatic heterocycles. The van der Waals surface area contributed by atoms with E-state index in [1.165, 1.54) is 0 Å². The fraction of sp³-hybridized carbons (Fsp3) is 0.588. The van der Waals surface area contributed by atoms with Crippen molar-refractivity contribution < 1.29 is 14.6 Å². The lowest BCUT2D eigenvalue weighted by atomic mass is 9.70. The minimum absolute atomic E-state index is 0.270. The van der Waals surface area contributed by atoms with E-state index in [2.05, 4.69) is 0 Å². The van der Waals surface area contributed by atoms with Crippen LogP contribution in [0.15, 0.2) is 24.3 Å². The average Bonchev–Trinajstić information content (AvgIpc) is 2.45. The summed E-state index contributed by atoms with van der Waals surface area (Å²) in [7, 11) is 0. The highest BCUT2D eigenvalue weighted by molar-refractivity contribution is 5.74. The molecule has 3 nitrogen and oxygen atoms in total. The molecular formula is C17H24O3. The predicted octanol–water partition coefficient (Wildman–Crippen LogP) is 3.19. The van der Waals surface area contributed by atoms with Crippen LogP contribution in [0.3, 0.4) is 0 Å². The molecule has 3 heteroatoms. The zero-order valence-electron chi connectivity index (χ0n) is 12.4. The molecule has 2 rings (SSSR count). The SMILES string of the molecule is CCCC(C(=O)OCC)C1(O)CCCc2ccccc21. The van der Waals surface area contributed by atoms with Crippen LogP contribution in [0, 0.1) is 5.92 Å². The zero-order chi connectivity index (χ0) is 14.6. The summed E-state index contributed by atoms with van der Waals surface area (Å²) >= 11 is 0. The molecule has 110 valence electrons. The van der Waals surface area contributed by atoms with E-state index < -0.39 is 11.5 Å². The molecule has 1 aliphatic carbocycles. The second kappa shape index (κ2) is 6.40. The van der Waals surface area contributed by atoms with Crippen molar-refractivity contribution in [1.82, 2.24) is 0 Å². The van der Waals surface area contributed by atoms with Crippen molar-refractivity contribution in [3.8, 4) is 0 Å². The molecule has 1 aliphatic rings. The lowest BCUT2D eigenvalue weighted by molar-refractivity contribution is -0.161. The van der Waals surface area contributed by atoms with Gasteiger partial charge in [-0.1, -0.05) is 37.6 Å². The standard InChI is InChI=1S/C17H24O3/c1-3-8-15(16(18)20-4-2)17(19)12-7-10-13-9-5-6-11-14(13)17/h5-6,9,11,15,19H,3-4,7-8,10,12H2,1-2H3. The van der Waals surface area contributed by atoms with Gasteiger partial charge in [0.15, 0.2) is 0 Å². The summed E-state index contributed by atoms with van der Waals surface area (Å²) < 4.78 is 5.19. The third-order valence-corrected chi connectivity index (χ3v) is 4.21. The predicted molar refractivity (Wildman–Crippen MR) is 78.3 cm³/mol. The molecule has 0 amide bonds. The van der Waals surface area contributed by atoms with Crippen molar-refractivity contribution in [2.75, 3.05) is 6.61 Å². The van der Waals surface area contributed by atoms with Gasteiger partial charge in [0.2, 0.25) is 0 Å². The number of esters is 1. The molecule has 1 N–H and O–H groups in total. The van der Waals surface area contributed by atoms with Gasteiger partial charge in [0.25, 0.3) is 0 Å². The Balaban J connectivity index is 2.39. The molecule has 2 atom stereocenters. The molecule has 0 saturated heterocycles. The van der Waals surface area contributed by atoms with Crippen LogP contribution in [0.4, 0.5) is 0 Å². The fourth-order valence-corrected chi connectivity index (χ4v) is 3.29. The van der Waals surface area contributed by atoms with Gasteiger partial charge in [-0.25, -0.2) is 0 Å². The van der Waals surface area contributed by atoms with Crippen molar-refractivity contribution in [2.24, 2.45) is 5.92 Å². The van der Waals surface area contributed by atoms with Gasteiger partial charge in [-0.15, -0.1) is 0 Å². The highest BCUT2D eigenvalue weighted by atomic mass is 16.5. The molecule has 0 saturated carbocycles. The number of aryl methyl sites for hydroxylation is 1. The van der Waals surface area contributed by atoms with Crippen LogP contribution in [0.25, 0.3) is 0 Å². The monoisotopic (exact) mass is 276 g/mol. The number of fused-ring (bicyclic) bond motifs is 1. The van der Waals surface area contributed by atoms with Crippen LogP contribution in [0.1, 0.15) is 50.7 Å². The summed E-state index contributed by atoms with van der Waals surface area (Å²) in [5.74, 6) is -0.734. The van der Waals surface area contributed by atoms with E-state index in [1.54, 1.807) is 6.92 Å². The number of carbonyl (C=O) groups excluding carboxylic acids is 1. The van der Waals surface area contributed by atoms with Crippen LogP contribution in [0.2, 0.25) is 0 Å². The van der Waals surface area contributed by atoms with Crippen LogP contribution in [0.5, 0.6) is 0 Å². The van der Waals surface area contributed by atoms with Crippen LogP contribution >= 0.6 is 0 Å². The second-order valence-corrected chi connectivity index (χ2v) is 5.53. The topological polar surface area (TPSA) is 46.5 Å². The number of hydrogen-bond acceptors (Lipinski definition) is 3. The first kappa shape index (κ1) is 15.0. The number of hydrogen-bond donors (Lipinski definition) is 1. The summed E-state index contributed by atoms with van der Waals surface area (Å²) in [5, 5.41) is 11.2. The first-order chi connectivity index (χ1) is 9.63. The minimum atomic E-state index is -1.07. The van der Waals surface area contributed by atoms with Gasteiger partial charge < -0.3 is 9.84 Å². The molecule has 0 spiro atoms. The largest absolute Gasteiger partial charge is 0.466 e. The highest BCUT2D eigenvalue weighted by Gasteiger charge is 2.45. The lowest BCUT2D eigenvalue weighted by Gasteiger charge is -2.39. The number of aliphatic hydroxyl groups is 1. The summed E-state index contributed by atoms with van der Waals surface area (Å²) in [5.41, 5.74) is 1.00. The van der Waals surface area contributed by atoms with Crippen LogP contribution in [-0.2, 0) is 21.6 Å². The summed E-state index contributed by atoms with van der Waals surface area (Å²) in [6, 6.07) is 7.93.